The third kappa shape index (κ3) is 3.62. The number of nitro benzene ring substituents is 1. The number of amides is 1. The molecule has 2 aromatic carbocycles. The van der Waals surface area contributed by atoms with E-state index in [0.717, 1.165) is 11.6 Å². The summed E-state index contributed by atoms with van der Waals surface area (Å²) in [4.78, 5) is 26.6. The van der Waals surface area contributed by atoms with Crippen LogP contribution in [0.3, 0.4) is 0 Å². The normalized spacial score (nSPS) is 10.4. The lowest BCUT2D eigenvalue weighted by Gasteiger charge is -2.03. The Morgan fingerprint density at radius 2 is 2.00 bits per heavy atom. The molecule has 26 heavy (non-hydrogen) atoms. The predicted molar refractivity (Wildman–Crippen MR) is 94.4 cm³/mol. The molecule has 0 aliphatic carbocycles. The summed E-state index contributed by atoms with van der Waals surface area (Å²) < 4.78 is 5.09. The van der Waals surface area contributed by atoms with Gasteiger partial charge < -0.3 is 4.74 Å². The number of nitrogens with one attached hydrogen (secondary N) is 2. The van der Waals surface area contributed by atoms with Gasteiger partial charge in [-0.3, -0.25) is 25.3 Å². The Labute approximate surface area is 152 Å². The van der Waals surface area contributed by atoms with E-state index < -0.39 is 10.8 Å². The van der Waals surface area contributed by atoms with Gasteiger partial charge in [-0.25, -0.2) is 0 Å². The number of carbonyl (C=O) groups excluding carboxylic acids is 1. The fourth-order valence-electron chi connectivity index (χ4n) is 2.17. The molecule has 3 aromatic rings. The number of rotatable bonds is 5. The number of aromatic nitrogens is 3. The average Bonchev–Trinajstić information content (AvgIpc) is 3.10. The quantitative estimate of drug-likeness (QED) is 0.522. The minimum Gasteiger partial charge on any atom is -0.497 e. The predicted octanol–water partition coefficient (Wildman–Crippen LogP) is 3.29. The van der Waals surface area contributed by atoms with Crippen molar-refractivity contribution in [2.75, 3.05) is 12.4 Å². The fourth-order valence-corrected chi connectivity index (χ4v) is 2.43. The monoisotopic (exact) mass is 373 g/mol. The molecule has 1 aromatic heterocycles. The maximum absolute atomic E-state index is 12.3. The van der Waals surface area contributed by atoms with Crippen LogP contribution in [0.4, 0.5) is 11.6 Å². The minimum absolute atomic E-state index is 0.0392. The highest BCUT2D eigenvalue weighted by Crippen LogP contribution is 2.24. The van der Waals surface area contributed by atoms with E-state index in [0.29, 0.717) is 11.6 Å². The molecule has 0 fully saturated rings. The Bertz CT molecular complexity index is 971. The van der Waals surface area contributed by atoms with Crippen molar-refractivity contribution in [3.63, 3.8) is 0 Å². The van der Waals surface area contributed by atoms with E-state index in [1.165, 1.54) is 12.1 Å². The maximum atomic E-state index is 12.3. The van der Waals surface area contributed by atoms with Gasteiger partial charge in [0, 0.05) is 17.7 Å². The van der Waals surface area contributed by atoms with E-state index in [2.05, 4.69) is 20.5 Å². The molecule has 0 aliphatic heterocycles. The first-order valence-electron chi connectivity index (χ1n) is 7.30. The van der Waals surface area contributed by atoms with Crippen LogP contribution in [0.1, 0.15) is 10.4 Å². The van der Waals surface area contributed by atoms with Gasteiger partial charge in [0.15, 0.2) is 5.82 Å². The molecule has 132 valence electrons. The first kappa shape index (κ1) is 17.4. The summed E-state index contributed by atoms with van der Waals surface area (Å²) in [5.41, 5.74) is 0.631. The molecule has 1 heterocycles. The van der Waals surface area contributed by atoms with Crippen LogP contribution >= 0.6 is 11.6 Å². The Morgan fingerprint density at radius 1 is 1.27 bits per heavy atom. The summed E-state index contributed by atoms with van der Waals surface area (Å²) in [5.74, 6) is 0.632. The molecule has 2 N–H and O–H groups in total. The molecule has 0 radical (unpaired) electrons. The molecule has 0 aliphatic rings. The van der Waals surface area contributed by atoms with E-state index in [1.807, 2.05) is 0 Å². The molecular formula is C16H12ClN5O4. The summed E-state index contributed by atoms with van der Waals surface area (Å²) in [7, 11) is 1.57. The summed E-state index contributed by atoms with van der Waals surface area (Å²) in [6, 6.07) is 10.7. The fraction of sp³-hybridized carbons (Fsp3) is 0.0625. The number of ether oxygens (including phenoxy) is 1. The number of anilines is 1. The second-order valence-electron chi connectivity index (χ2n) is 5.11. The molecule has 3 rings (SSSR count). The highest BCUT2D eigenvalue weighted by atomic mass is 35.5. The number of nitro groups is 1. The lowest BCUT2D eigenvalue weighted by atomic mass is 10.2. The van der Waals surface area contributed by atoms with Gasteiger partial charge in [0.2, 0.25) is 5.95 Å². The van der Waals surface area contributed by atoms with Crippen molar-refractivity contribution < 1.29 is 14.5 Å². The number of H-pyrrole nitrogens is 1. The number of carbonyl (C=O) groups is 1. The van der Waals surface area contributed by atoms with Gasteiger partial charge in [0.1, 0.15) is 5.75 Å². The van der Waals surface area contributed by atoms with Gasteiger partial charge in [0.25, 0.3) is 11.6 Å². The van der Waals surface area contributed by atoms with Crippen LogP contribution in [0.25, 0.3) is 11.4 Å². The largest absolute Gasteiger partial charge is 0.497 e. The maximum Gasteiger partial charge on any atom is 0.270 e. The Kier molecular flexibility index (Phi) is 4.81. The summed E-state index contributed by atoms with van der Waals surface area (Å²) >= 11 is 5.94. The standard InChI is InChI=1S/C16H12ClN5O4/c1-26-11-5-2-9(3-6-11)14-18-16(21-20-14)19-15(23)12-7-4-10(22(24)25)8-13(12)17/h2-8H,1H3,(H2,18,19,20,21,23). The lowest BCUT2D eigenvalue weighted by molar-refractivity contribution is -0.384. The van der Waals surface area contributed by atoms with E-state index >= 15 is 0 Å². The van der Waals surface area contributed by atoms with Crippen LogP contribution in [0, 0.1) is 10.1 Å². The summed E-state index contributed by atoms with van der Waals surface area (Å²) in [6.07, 6.45) is 0. The highest BCUT2D eigenvalue weighted by Gasteiger charge is 2.17. The molecule has 9 nitrogen and oxygen atoms in total. The van der Waals surface area contributed by atoms with Crippen LogP contribution in [0.5, 0.6) is 5.75 Å². The Balaban J connectivity index is 1.76. The lowest BCUT2D eigenvalue weighted by Crippen LogP contribution is -2.13. The van der Waals surface area contributed by atoms with Crippen molar-refractivity contribution in [2.24, 2.45) is 0 Å². The van der Waals surface area contributed by atoms with Crippen LogP contribution in [0.15, 0.2) is 42.5 Å². The van der Waals surface area contributed by atoms with E-state index in [9.17, 15) is 14.9 Å². The van der Waals surface area contributed by atoms with Gasteiger partial charge in [-0.15, -0.1) is 5.10 Å². The number of benzene rings is 2. The molecule has 10 heteroatoms. The second-order valence-corrected chi connectivity index (χ2v) is 5.52. The zero-order chi connectivity index (χ0) is 18.7. The summed E-state index contributed by atoms with van der Waals surface area (Å²) in [6.45, 7) is 0. The van der Waals surface area contributed by atoms with Crippen molar-refractivity contribution in [2.45, 2.75) is 0 Å². The van der Waals surface area contributed by atoms with Gasteiger partial charge in [-0.05, 0) is 30.3 Å². The number of hydrogen-bond donors (Lipinski definition) is 2. The van der Waals surface area contributed by atoms with Gasteiger partial charge in [0.05, 0.1) is 22.6 Å². The molecule has 0 bridgehead atoms. The van der Waals surface area contributed by atoms with E-state index in [-0.39, 0.29) is 22.2 Å². The topological polar surface area (TPSA) is 123 Å². The van der Waals surface area contributed by atoms with Crippen molar-refractivity contribution in [1.82, 2.24) is 15.2 Å². The molecule has 0 spiro atoms. The van der Waals surface area contributed by atoms with Crippen molar-refractivity contribution in [3.05, 3.63) is 63.2 Å². The third-order valence-corrected chi connectivity index (χ3v) is 3.80. The highest BCUT2D eigenvalue weighted by molar-refractivity contribution is 6.34. The average molecular weight is 374 g/mol. The number of non-ortho nitro benzene ring substituents is 1. The number of halogens is 1. The molecule has 0 atom stereocenters. The van der Waals surface area contributed by atoms with Crippen LogP contribution in [-0.2, 0) is 0 Å². The zero-order valence-electron chi connectivity index (χ0n) is 13.4. The second kappa shape index (κ2) is 7.19. The molecule has 0 saturated carbocycles. The van der Waals surface area contributed by atoms with Gasteiger partial charge >= 0.3 is 0 Å². The first-order chi connectivity index (χ1) is 12.5. The smallest absolute Gasteiger partial charge is 0.270 e. The minimum atomic E-state index is -0.593. The van der Waals surface area contributed by atoms with Crippen molar-refractivity contribution >= 4 is 29.1 Å². The number of methoxy groups -OCH3 is 1. The van der Waals surface area contributed by atoms with Crippen LogP contribution in [0.2, 0.25) is 5.02 Å². The van der Waals surface area contributed by atoms with Gasteiger partial charge in [-0.1, -0.05) is 11.6 Å². The molecule has 1 amide bonds. The zero-order valence-corrected chi connectivity index (χ0v) is 14.1. The van der Waals surface area contributed by atoms with E-state index in [1.54, 1.807) is 31.4 Å². The SMILES string of the molecule is COc1ccc(-c2nc(NC(=O)c3ccc([N+](=O)[O-])cc3Cl)n[nH]2)cc1. The molecule has 0 unspecified atom stereocenters. The van der Waals surface area contributed by atoms with Crippen molar-refractivity contribution in [1.29, 1.82) is 0 Å². The summed E-state index contributed by atoms with van der Waals surface area (Å²) in [5, 5.41) is 19.8. The first-order valence-corrected chi connectivity index (χ1v) is 7.68. The third-order valence-electron chi connectivity index (χ3n) is 3.48. The van der Waals surface area contributed by atoms with Gasteiger partial charge in [-0.2, -0.15) is 4.98 Å². The molecule has 0 saturated heterocycles. The number of hydrogen-bond acceptors (Lipinski definition) is 6. The van der Waals surface area contributed by atoms with Crippen molar-refractivity contribution in [3.8, 4) is 17.1 Å². The van der Waals surface area contributed by atoms with Crippen LogP contribution in [-0.4, -0.2) is 33.1 Å². The van der Waals surface area contributed by atoms with E-state index in [4.69, 9.17) is 16.3 Å². The Hall–Kier alpha value is -3.46. The number of aromatic amines is 1. The van der Waals surface area contributed by atoms with Crippen LogP contribution < -0.4 is 10.1 Å². The number of nitrogens with zero attached hydrogens (tertiary/aromatic N) is 3. The Morgan fingerprint density at radius 3 is 2.62 bits per heavy atom. The molecular weight excluding hydrogens is 362 g/mol.